The molecule has 0 aliphatic rings. The molecule has 5 heteroatoms. The van der Waals surface area contributed by atoms with E-state index in [4.69, 9.17) is 14.2 Å². The molecule has 0 fully saturated rings. The van der Waals surface area contributed by atoms with E-state index in [0.717, 1.165) is 51.4 Å². The van der Waals surface area contributed by atoms with E-state index >= 15 is 0 Å². The Bertz CT molecular complexity index is 731. The number of hydrogen-bond acceptors (Lipinski definition) is 5. The first-order valence-corrected chi connectivity index (χ1v) is 20.9. The van der Waals surface area contributed by atoms with E-state index in [1.54, 1.807) is 0 Å². The summed E-state index contributed by atoms with van der Waals surface area (Å²) >= 11 is 0. The molecule has 0 bridgehead atoms. The van der Waals surface area contributed by atoms with E-state index < -0.39 is 6.10 Å². The van der Waals surface area contributed by atoms with Gasteiger partial charge >= 0.3 is 11.9 Å². The SMILES string of the molecule is CCC/C=C\C/C=C\CCCCCCCC(=O)OCC(COCCCCCCCCCCCCCC)OC(=O)CCCCCCCCC. The molecule has 0 aliphatic carbocycles. The Kier molecular flexibility index (Phi) is 38.5. The summed E-state index contributed by atoms with van der Waals surface area (Å²) in [5.41, 5.74) is 0. The number of ether oxygens (including phenoxy) is 3. The van der Waals surface area contributed by atoms with Crippen molar-refractivity contribution in [1.82, 2.24) is 0 Å². The Morgan fingerprint density at radius 1 is 0.458 bits per heavy atom. The molecule has 0 aromatic heterocycles. The van der Waals surface area contributed by atoms with Crippen molar-refractivity contribution < 1.29 is 23.8 Å². The minimum absolute atomic E-state index is 0.0833. The highest BCUT2D eigenvalue weighted by atomic mass is 16.6. The summed E-state index contributed by atoms with van der Waals surface area (Å²) in [6.07, 6.45) is 43.2. The molecule has 0 amide bonds. The third-order valence-corrected chi connectivity index (χ3v) is 8.97. The van der Waals surface area contributed by atoms with Crippen molar-refractivity contribution in [2.45, 2.75) is 219 Å². The lowest BCUT2D eigenvalue weighted by molar-refractivity contribution is -0.163. The van der Waals surface area contributed by atoms with Crippen LogP contribution < -0.4 is 0 Å². The van der Waals surface area contributed by atoms with Gasteiger partial charge in [-0.1, -0.05) is 180 Å². The summed E-state index contributed by atoms with van der Waals surface area (Å²) in [5.74, 6) is -0.412. The van der Waals surface area contributed by atoms with Gasteiger partial charge in [0.15, 0.2) is 6.10 Å². The van der Waals surface area contributed by atoms with Crippen LogP contribution in [0.25, 0.3) is 0 Å². The quantitative estimate of drug-likeness (QED) is 0.0370. The molecule has 282 valence electrons. The van der Waals surface area contributed by atoms with Gasteiger partial charge in [-0.05, 0) is 44.9 Å². The highest BCUT2D eigenvalue weighted by Gasteiger charge is 2.17. The van der Waals surface area contributed by atoms with Gasteiger partial charge in [-0.2, -0.15) is 0 Å². The first-order chi connectivity index (χ1) is 23.6. The molecule has 5 nitrogen and oxygen atoms in total. The first kappa shape index (κ1) is 46.4. The smallest absolute Gasteiger partial charge is 0.306 e. The van der Waals surface area contributed by atoms with Gasteiger partial charge in [-0.15, -0.1) is 0 Å². The Hall–Kier alpha value is -1.62. The largest absolute Gasteiger partial charge is 0.462 e. The number of allylic oxidation sites excluding steroid dienone is 4. The fourth-order valence-electron chi connectivity index (χ4n) is 5.84. The van der Waals surface area contributed by atoms with Gasteiger partial charge in [0.25, 0.3) is 0 Å². The predicted octanol–water partition coefficient (Wildman–Crippen LogP) is 13.3. The molecule has 0 N–H and O–H groups in total. The molecule has 0 aliphatic heterocycles. The number of hydrogen-bond donors (Lipinski definition) is 0. The Morgan fingerprint density at radius 3 is 1.46 bits per heavy atom. The Labute approximate surface area is 298 Å². The third kappa shape index (κ3) is 37.2. The minimum atomic E-state index is -0.529. The molecule has 0 saturated heterocycles. The number of esters is 2. The lowest BCUT2D eigenvalue weighted by atomic mass is 10.1. The van der Waals surface area contributed by atoms with Crippen molar-refractivity contribution in [2.75, 3.05) is 19.8 Å². The number of rotatable bonds is 38. The fraction of sp³-hybridized carbons (Fsp3) is 0.860. The molecular weight excluding hydrogens is 596 g/mol. The second-order valence-corrected chi connectivity index (χ2v) is 13.9. The molecule has 0 spiro atoms. The number of carbonyl (C=O) groups is 2. The van der Waals surface area contributed by atoms with Crippen molar-refractivity contribution in [2.24, 2.45) is 0 Å². The van der Waals surface area contributed by atoms with Crippen LogP contribution in [0.1, 0.15) is 213 Å². The maximum absolute atomic E-state index is 12.6. The zero-order valence-electron chi connectivity index (χ0n) is 32.3. The molecule has 0 heterocycles. The summed E-state index contributed by atoms with van der Waals surface area (Å²) in [4.78, 5) is 25.0. The lowest BCUT2D eigenvalue weighted by Crippen LogP contribution is -2.30. The van der Waals surface area contributed by atoms with Gasteiger partial charge in [0.2, 0.25) is 0 Å². The first-order valence-electron chi connectivity index (χ1n) is 20.9. The normalized spacial score (nSPS) is 12.3. The highest BCUT2D eigenvalue weighted by molar-refractivity contribution is 5.70. The van der Waals surface area contributed by atoms with E-state index in [1.165, 1.54) is 128 Å². The zero-order valence-corrected chi connectivity index (χ0v) is 32.3. The maximum atomic E-state index is 12.6. The topological polar surface area (TPSA) is 61.8 Å². The van der Waals surface area contributed by atoms with E-state index in [2.05, 4.69) is 45.1 Å². The standard InChI is InChI=1S/C43H80O5/c1-4-7-10-13-16-18-20-22-23-25-28-30-33-36-42(44)47-40-41(48-43(45)37-34-31-27-15-12-9-6-3)39-46-38-35-32-29-26-24-21-19-17-14-11-8-5-2/h10,13,18,20,41H,4-9,11-12,14-17,19,21-40H2,1-3H3/b13-10-,20-18-. The minimum Gasteiger partial charge on any atom is -0.462 e. The van der Waals surface area contributed by atoms with E-state index in [-0.39, 0.29) is 25.2 Å². The summed E-state index contributed by atoms with van der Waals surface area (Å²) in [5, 5.41) is 0. The molecule has 0 aromatic rings. The number of unbranched alkanes of at least 4 members (excludes halogenated alkanes) is 23. The molecule has 1 unspecified atom stereocenters. The monoisotopic (exact) mass is 677 g/mol. The van der Waals surface area contributed by atoms with Crippen LogP contribution in [0.15, 0.2) is 24.3 Å². The molecule has 0 radical (unpaired) electrons. The van der Waals surface area contributed by atoms with Crippen LogP contribution in [0.5, 0.6) is 0 Å². The molecule has 0 rings (SSSR count). The van der Waals surface area contributed by atoms with Crippen LogP contribution in [-0.4, -0.2) is 37.9 Å². The molecule has 0 aromatic carbocycles. The van der Waals surface area contributed by atoms with E-state index in [0.29, 0.717) is 19.4 Å². The van der Waals surface area contributed by atoms with E-state index in [1.807, 2.05) is 0 Å². The van der Waals surface area contributed by atoms with Crippen molar-refractivity contribution >= 4 is 11.9 Å². The summed E-state index contributed by atoms with van der Waals surface area (Å²) in [7, 11) is 0. The van der Waals surface area contributed by atoms with Gasteiger partial charge in [-0.25, -0.2) is 0 Å². The Balaban J connectivity index is 4.18. The Morgan fingerprint density at radius 2 is 0.917 bits per heavy atom. The van der Waals surface area contributed by atoms with Gasteiger partial charge < -0.3 is 14.2 Å². The van der Waals surface area contributed by atoms with Crippen LogP contribution in [0.2, 0.25) is 0 Å². The molecule has 48 heavy (non-hydrogen) atoms. The van der Waals surface area contributed by atoms with Crippen molar-refractivity contribution in [3.05, 3.63) is 24.3 Å². The average Bonchev–Trinajstić information content (AvgIpc) is 3.08. The summed E-state index contributed by atoms with van der Waals surface area (Å²) in [6.45, 7) is 7.73. The summed E-state index contributed by atoms with van der Waals surface area (Å²) in [6, 6.07) is 0. The second-order valence-electron chi connectivity index (χ2n) is 13.9. The van der Waals surface area contributed by atoms with Gasteiger partial charge in [0.05, 0.1) is 6.61 Å². The van der Waals surface area contributed by atoms with Gasteiger partial charge in [0.1, 0.15) is 6.61 Å². The number of carbonyl (C=O) groups excluding carboxylic acids is 2. The van der Waals surface area contributed by atoms with Crippen LogP contribution in [0.3, 0.4) is 0 Å². The second kappa shape index (κ2) is 39.8. The maximum Gasteiger partial charge on any atom is 0.306 e. The zero-order chi connectivity index (χ0) is 35.0. The van der Waals surface area contributed by atoms with Crippen LogP contribution in [0, 0.1) is 0 Å². The van der Waals surface area contributed by atoms with Gasteiger partial charge in [-0.3, -0.25) is 9.59 Å². The summed E-state index contributed by atoms with van der Waals surface area (Å²) < 4.78 is 17.2. The van der Waals surface area contributed by atoms with Crippen molar-refractivity contribution in [3.63, 3.8) is 0 Å². The molecular formula is C43H80O5. The highest BCUT2D eigenvalue weighted by Crippen LogP contribution is 2.14. The van der Waals surface area contributed by atoms with Crippen molar-refractivity contribution in [3.8, 4) is 0 Å². The molecule has 0 saturated carbocycles. The molecule has 1 atom stereocenters. The van der Waals surface area contributed by atoms with Crippen molar-refractivity contribution in [1.29, 1.82) is 0 Å². The van der Waals surface area contributed by atoms with Crippen LogP contribution in [0.4, 0.5) is 0 Å². The third-order valence-electron chi connectivity index (χ3n) is 8.97. The van der Waals surface area contributed by atoms with Crippen LogP contribution >= 0.6 is 0 Å². The van der Waals surface area contributed by atoms with Crippen LogP contribution in [-0.2, 0) is 23.8 Å². The average molecular weight is 677 g/mol. The van der Waals surface area contributed by atoms with E-state index in [9.17, 15) is 9.59 Å². The fourth-order valence-corrected chi connectivity index (χ4v) is 5.84. The lowest BCUT2D eigenvalue weighted by Gasteiger charge is -2.18. The van der Waals surface area contributed by atoms with Gasteiger partial charge in [0, 0.05) is 19.4 Å². The predicted molar refractivity (Wildman–Crippen MR) is 205 cm³/mol.